The van der Waals surface area contributed by atoms with Crippen LogP contribution in [-0.4, -0.2) is 56.2 Å². The van der Waals surface area contributed by atoms with E-state index in [2.05, 4.69) is 3.77 Å². The van der Waals surface area contributed by atoms with Crippen molar-refractivity contribution in [3.8, 4) is 0 Å². The Hall–Kier alpha value is -0.970. The molecule has 1 aliphatic heterocycles. The van der Waals surface area contributed by atoms with Crippen LogP contribution < -0.4 is 0 Å². The molecule has 0 spiro atoms. The van der Waals surface area contributed by atoms with Crippen molar-refractivity contribution in [3.63, 3.8) is 0 Å². The minimum Gasteiger partial charge on any atom is -0.249 e. The van der Waals surface area contributed by atoms with Crippen molar-refractivity contribution in [2.75, 3.05) is 30.9 Å². The summed E-state index contributed by atoms with van der Waals surface area (Å²) in [5.41, 5.74) is 0.907. The van der Waals surface area contributed by atoms with Gasteiger partial charge in [0.25, 0.3) is 10.0 Å². The molecular formula is C12H18N2O5S3. The van der Waals surface area contributed by atoms with Crippen LogP contribution in [0.15, 0.2) is 32.9 Å². The van der Waals surface area contributed by atoms with Gasteiger partial charge in [0.15, 0.2) is 0 Å². The maximum absolute atomic E-state index is 12.6. The van der Waals surface area contributed by atoms with Gasteiger partial charge in [0.05, 0.1) is 20.9 Å². The van der Waals surface area contributed by atoms with Crippen LogP contribution in [0.2, 0.25) is 0 Å². The van der Waals surface area contributed by atoms with Gasteiger partial charge in [-0.2, -0.15) is 8.42 Å². The number of rotatable bonds is 3. The van der Waals surface area contributed by atoms with Crippen molar-refractivity contribution in [1.29, 1.82) is 0 Å². The third-order valence-corrected chi connectivity index (χ3v) is 9.02. The lowest BCUT2D eigenvalue weighted by Gasteiger charge is -2.26. The van der Waals surface area contributed by atoms with Gasteiger partial charge in [-0.1, -0.05) is 17.7 Å². The quantitative estimate of drug-likeness (QED) is 0.772. The van der Waals surface area contributed by atoms with Crippen LogP contribution in [0.3, 0.4) is 0 Å². The molecule has 0 amide bonds. The Labute approximate surface area is 131 Å². The predicted molar refractivity (Wildman–Crippen MR) is 85.1 cm³/mol. The Morgan fingerprint density at radius 3 is 2.00 bits per heavy atom. The number of nitrogens with zero attached hydrogens (tertiary/aromatic N) is 2. The molecule has 1 aliphatic rings. The highest BCUT2D eigenvalue weighted by Gasteiger charge is 2.28. The van der Waals surface area contributed by atoms with Crippen molar-refractivity contribution in [2.45, 2.75) is 11.8 Å². The third-order valence-electron chi connectivity index (χ3n) is 3.34. The van der Waals surface area contributed by atoms with Gasteiger partial charge in [0.1, 0.15) is 0 Å². The van der Waals surface area contributed by atoms with E-state index in [1.165, 1.54) is 16.4 Å². The molecule has 0 atom stereocenters. The van der Waals surface area contributed by atoms with Gasteiger partial charge in [-0.15, -0.1) is 3.77 Å². The molecule has 1 fully saturated rings. The normalized spacial score (nSPS) is 19.7. The van der Waals surface area contributed by atoms with E-state index in [0.29, 0.717) is 0 Å². The van der Waals surface area contributed by atoms with Crippen LogP contribution in [-0.2, 0) is 29.8 Å². The Kier molecular flexibility index (Phi) is 4.67. The average molecular weight is 366 g/mol. The van der Waals surface area contributed by atoms with Crippen LogP contribution in [0.1, 0.15) is 5.56 Å². The van der Waals surface area contributed by atoms with Crippen molar-refractivity contribution >= 4 is 29.8 Å². The smallest absolute Gasteiger partial charge is 0.249 e. The lowest BCUT2D eigenvalue weighted by molar-refractivity contribution is 0.442. The van der Waals surface area contributed by atoms with Crippen LogP contribution >= 0.6 is 0 Å². The Morgan fingerprint density at radius 2 is 1.55 bits per heavy atom. The summed E-state index contributed by atoms with van der Waals surface area (Å²) in [6.45, 7) is 1.87. The summed E-state index contributed by atoms with van der Waals surface area (Å²) in [6, 6.07) is 6.12. The average Bonchev–Trinajstić information content (AvgIpc) is 2.37. The zero-order chi connectivity index (χ0) is 16.6. The molecule has 1 aromatic rings. The molecule has 22 heavy (non-hydrogen) atoms. The van der Waals surface area contributed by atoms with Crippen LogP contribution in [0.4, 0.5) is 0 Å². The monoisotopic (exact) mass is 366 g/mol. The van der Waals surface area contributed by atoms with Gasteiger partial charge in [0, 0.05) is 24.6 Å². The minimum absolute atomic E-state index is 0.00799. The molecular weight excluding hydrogens is 348 g/mol. The fraction of sp³-hybridized carbons (Fsp3) is 0.500. The van der Waals surface area contributed by atoms with E-state index in [4.69, 9.17) is 0 Å². The van der Waals surface area contributed by atoms with Crippen molar-refractivity contribution in [2.24, 2.45) is 3.77 Å². The first-order valence-electron chi connectivity index (χ1n) is 6.52. The largest absolute Gasteiger partial charge is 0.290 e. The first-order chi connectivity index (χ1) is 10.0. The number of sulfonamides is 2. The molecule has 1 heterocycles. The van der Waals surface area contributed by atoms with Crippen LogP contribution in [0, 0.1) is 6.92 Å². The fourth-order valence-electron chi connectivity index (χ4n) is 2.04. The molecule has 0 bridgehead atoms. The SMILES string of the molecule is Cc1ccc(S(=O)(=O)N=S2(=O)CCN(S(C)(=O)=O)CC2)cc1. The van der Waals surface area contributed by atoms with Crippen LogP contribution in [0.5, 0.6) is 0 Å². The maximum Gasteiger partial charge on any atom is 0.290 e. The second kappa shape index (κ2) is 5.91. The van der Waals surface area contributed by atoms with Gasteiger partial charge in [-0.05, 0) is 19.1 Å². The first kappa shape index (κ1) is 17.4. The summed E-state index contributed by atoms with van der Waals surface area (Å²) < 4.78 is 64.6. The molecule has 0 N–H and O–H groups in total. The number of aryl methyl sites for hydroxylation is 1. The highest BCUT2D eigenvalue weighted by Crippen LogP contribution is 2.18. The van der Waals surface area contributed by atoms with Gasteiger partial charge in [0.2, 0.25) is 10.0 Å². The number of benzene rings is 1. The highest BCUT2D eigenvalue weighted by atomic mass is 32.3. The van der Waals surface area contributed by atoms with Crippen molar-refractivity contribution < 1.29 is 21.0 Å². The van der Waals surface area contributed by atoms with Gasteiger partial charge in [-0.3, -0.25) is 0 Å². The van der Waals surface area contributed by atoms with Crippen molar-refractivity contribution in [3.05, 3.63) is 29.8 Å². The summed E-state index contributed by atoms with van der Waals surface area (Å²) in [5, 5.41) is 0. The lowest BCUT2D eigenvalue weighted by atomic mass is 10.2. The van der Waals surface area contributed by atoms with Crippen molar-refractivity contribution in [1.82, 2.24) is 4.31 Å². The van der Waals surface area contributed by atoms with E-state index in [1.54, 1.807) is 12.1 Å². The molecule has 0 aliphatic carbocycles. The molecule has 0 aromatic heterocycles. The molecule has 0 saturated carbocycles. The molecule has 1 saturated heterocycles. The number of hydrogen-bond donors (Lipinski definition) is 0. The summed E-state index contributed by atoms with van der Waals surface area (Å²) in [6.07, 6.45) is 1.07. The Bertz CT molecular complexity index is 865. The van der Waals surface area contributed by atoms with E-state index in [0.717, 1.165) is 11.8 Å². The summed E-state index contributed by atoms with van der Waals surface area (Å²) in [4.78, 5) is -0.00799. The van der Waals surface area contributed by atoms with E-state index >= 15 is 0 Å². The lowest BCUT2D eigenvalue weighted by Crippen LogP contribution is -2.43. The van der Waals surface area contributed by atoms with Gasteiger partial charge >= 0.3 is 0 Å². The second-order valence-corrected chi connectivity index (χ2v) is 11.6. The van der Waals surface area contributed by atoms with E-state index in [1.807, 2.05) is 6.92 Å². The zero-order valence-corrected chi connectivity index (χ0v) is 14.7. The van der Waals surface area contributed by atoms with Crippen LogP contribution in [0.25, 0.3) is 0 Å². The fourth-order valence-corrected chi connectivity index (χ4v) is 7.18. The second-order valence-electron chi connectivity index (χ2n) is 5.21. The van der Waals surface area contributed by atoms with E-state index in [9.17, 15) is 21.0 Å². The standard InChI is InChI=1S/C12H18N2O5S3/c1-11-3-5-12(6-4-11)22(18,19)13-21(17)9-7-14(8-10-21)20(2,15)16/h3-6H,7-10H2,1-2H3. The molecule has 7 nitrogen and oxygen atoms in total. The molecule has 124 valence electrons. The maximum atomic E-state index is 12.6. The van der Waals surface area contributed by atoms with E-state index in [-0.39, 0.29) is 29.5 Å². The highest BCUT2D eigenvalue weighted by molar-refractivity contribution is 8.03. The Balaban J connectivity index is 2.29. The minimum atomic E-state index is -4.01. The molecule has 0 radical (unpaired) electrons. The molecule has 10 heteroatoms. The van der Waals surface area contributed by atoms with Gasteiger partial charge < -0.3 is 0 Å². The Morgan fingerprint density at radius 1 is 1.05 bits per heavy atom. The third kappa shape index (κ3) is 4.06. The zero-order valence-electron chi connectivity index (χ0n) is 12.3. The predicted octanol–water partition coefficient (Wildman–Crippen LogP) is 0.427. The van der Waals surface area contributed by atoms with E-state index < -0.39 is 29.8 Å². The summed E-state index contributed by atoms with van der Waals surface area (Å²) >= 11 is 0. The first-order valence-corrected chi connectivity index (χ1v) is 11.7. The number of hydrogen-bond acceptors (Lipinski definition) is 5. The molecule has 2 rings (SSSR count). The summed E-state index contributed by atoms with van der Waals surface area (Å²) in [5.74, 6) is -0.156. The molecule has 1 aromatic carbocycles. The van der Waals surface area contributed by atoms with Gasteiger partial charge in [-0.25, -0.2) is 16.9 Å². The molecule has 0 unspecified atom stereocenters. The summed E-state index contributed by atoms with van der Waals surface area (Å²) in [7, 11) is -10.3. The topological polar surface area (TPSA) is 101 Å².